The van der Waals surface area contributed by atoms with Crippen molar-refractivity contribution in [2.45, 2.75) is 64.1 Å². The molecule has 1 heterocycles. The average molecular weight is 602 g/mol. The minimum absolute atomic E-state index is 0.111. The number of likely N-dealkylation sites (N-methyl/N-ethyl adjacent to an activating group) is 1. The maximum Gasteiger partial charge on any atom is 0.321 e. The van der Waals surface area contributed by atoms with Crippen molar-refractivity contribution in [3.05, 3.63) is 66.2 Å². The molecular formula is C34H43N5O5. The highest BCUT2D eigenvalue weighted by atomic mass is 16.5. The predicted octanol–water partition coefficient (Wildman–Crippen LogP) is 5.68. The van der Waals surface area contributed by atoms with Crippen LogP contribution in [0.4, 0.5) is 21.0 Å². The second-order valence-corrected chi connectivity index (χ2v) is 12.1. The fourth-order valence-electron chi connectivity index (χ4n) is 6.05. The average Bonchev–Trinajstić information content (AvgIpc) is 3.03. The van der Waals surface area contributed by atoms with Gasteiger partial charge in [0.1, 0.15) is 6.10 Å². The molecule has 10 heteroatoms. The number of anilines is 2. The van der Waals surface area contributed by atoms with Crippen molar-refractivity contribution in [3.63, 3.8) is 0 Å². The highest BCUT2D eigenvalue weighted by molar-refractivity contribution is 6.02. The van der Waals surface area contributed by atoms with Gasteiger partial charge in [-0.25, -0.2) is 9.59 Å². The molecule has 1 saturated carbocycles. The molecule has 5 amide bonds. The van der Waals surface area contributed by atoms with E-state index >= 15 is 0 Å². The van der Waals surface area contributed by atoms with Crippen LogP contribution in [0.15, 0.2) is 60.7 Å². The van der Waals surface area contributed by atoms with Gasteiger partial charge in [-0.05, 0) is 43.4 Å². The maximum atomic E-state index is 13.8. The Balaban J connectivity index is 1.39. The van der Waals surface area contributed by atoms with Crippen molar-refractivity contribution >= 4 is 40.1 Å². The van der Waals surface area contributed by atoms with Crippen LogP contribution in [0.3, 0.4) is 0 Å². The summed E-state index contributed by atoms with van der Waals surface area (Å²) < 4.78 is 6.57. The van der Waals surface area contributed by atoms with Gasteiger partial charge in [-0.15, -0.1) is 0 Å². The first-order chi connectivity index (χ1) is 21.2. The molecule has 0 bridgehead atoms. The summed E-state index contributed by atoms with van der Waals surface area (Å²) >= 11 is 0. The Morgan fingerprint density at radius 3 is 2.48 bits per heavy atom. The third kappa shape index (κ3) is 7.07. The van der Waals surface area contributed by atoms with E-state index in [4.69, 9.17) is 4.74 Å². The van der Waals surface area contributed by atoms with E-state index in [-0.39, 0.29) is 48.8 Å². The van der Waals surface area contributed by atoms with Gasteiger partial charge in [0.25, 0.3) is 5.91 Å². The van der Waals surface area contributed by atoms with Gasteiger partial charge in [0.05, 0.1) is 36.1 Å². The number of aliphatic hydroxyl groups is 1. The number of amides is 5. The van der Waals surface area contributed by atoms with Gasteiger partial charge in [0.15, 0.2) is 5.75 Å². The second-order valence-electron chi connectivity index (χ2n) is 12.1. The number of nitrogens with one attached hydrogen (secondary N) is 3. The van der Waals surface area contributed by atoms with Crippen LogP contribution >= 0.6 is 0 Å². The molecule has 2 aliphatic rings. The predicted molar refractivity (Wildman–Crippen MR) is 172 cm³/mol. The van der Waals surface area contributed by atoms with Crippen LogP contribution in [-0.4, -0.2) is 77.8 Å². The Morgan fingerprint density at radius 2 is 1.70 bits per heavy atom. The lowest BCUT2D eigenvalue weighted by Crippen LogP contribution is -2.50. The second kappa shape index (κ2) is 14.0. The number of fused-ring (bicyclic) bond motifs is 2. The zero-order valence-corrected chi connectivity index (χ0v) is 25.7. The van der Waals surface area contributed by atoms with Crippen LogP contribution in [0.5, 0.6) is 5.75 Å². The lowest BCUT2D eigenvalue weighted by Gasteiger charge is -2.38. The molecular weight excluding hydrogens is 558 g/mol. The molecule has 1 aliphatic heterocycles. The van der Waals surface area contributed by atoms with Gasteiger partial charge in [0.2, 0.25) is 0 Å². The molecule has 0 radical (unpaired) electrons. The summed E-state index contributed by atoms with van der Waals surface area (Å²) in [6.07, 6.45) is 4.71. The van der Waals surface area contributed by atoms with Gasteiger partial charge < -0.3 is 35.6 Å². The monoisotopic (exact) mass is 601 g/mol. The zero-order chi connectivity index (χ0) is 31.2. The number of para-hydroxylation sites is 1. The van der Waals surface area contributed by atoms with Gasteiger partial charge in [0, 0.05) is 30.9 Å². The Kier molecular flexibility index (Phi) is 9.89. The smallest absolute Gasteiger partial charge is 0.321 e. The van der Waals surface area contributed by atoms with Gasteiger partial charge in [-0.2, -0.15) is 0 Å². The summed E-state index contributed by atoms with van der Waals surface area (Å²) in [5.41, 5.74) is 1.38. The van der Waals surface area contributed by atoms with Crippen molar-refractivity contribution in [3.8, 4) is 5.75 Å². The Labute approximate surface area is 258 Å². The number of nitrogens with zero attached hydrogens (tertiary/aromatic N) is 2. The summed E-state index contributed by atoms with van der Waals surface area (Å²) in [6, 6.07) is 17.8. The van der Waals surface area contributed by atoms with Crippen LogP contribution < -0.4 is 20.7 Å². The normalized spacial score (nSPS) is 19.6. The van der Waals surface area contributed by atoms with Gasteiger partial charge >= 0.3 is 12.1 Å². The minimum Gasteiger partial charge on any atom is -0.485 e. The van der Waals surface area contributed by atoms with Crippen LogP contribution in [0.2, 0.25) is 0 Å². The highest BCUT2D eigenvalue weighted by Crippen LogP contribution is 2.35. The number of benzene rings is 3. The molecule has 3 aromatic carbocycles. The summed E-state index contributed by atoms with van der Waals surface area (Å²) in [6.45, 7) is 4.10. The lowest BCUT2D eigenvalue weighted by atomic mass is 9.96. The van der Waals surface area contributed by atoms with Crippen molar-refractivity contribution in [2.24, 2.45) is 5.92 Å². The number of aliphatic hydroxyl groups excluding tert-OH is 1. The number of hydrogen-bond acceptors (Lipinski definition) is 5. The molecule has 4 N–H and O–H groups in total. The van der Waals surface area contributed by atoms with Crippen molar-refractivity contribution in [1.82, 2.24) is 15.1 Å². The SMILES string of the molecule is C[C@@H]1CN([C@H](C)CO)C(=O)c2cccc(NC(=O)NC3CCCCC3)c2O[C@H]1CN(C)C(=O)Nc1cccc2ccccc12. The first kappa shape index (κ1) is 31.1. The third-order valence-electron chi connectivity index (χ3n) is 8.71. The summed E-state index contributed by atoms with van der Waals surface area (Å²) in [5, 5.41) is 20.9. The number of carbonyl (C=O) groups excluding carboxylic acids is 3. The first-order valence-corrected chi connectivity index (χ1v) is 15.5. The van der Waals surface area contributed by atoms with Crippen LogP contribution in [0, 0.1) is 5.92 Å². The molecule has 5 rings (SSSR count). The molecule has 1 fully saturated rings. The summed E-state index contributed by atoms with van der Waals surface area (Å²) in [7, 11) is 1.71. The molecule has 0 unspecified atom stereocenters. The number of hydrogen-bond donors (Lipinski definition) is 4. The van der Waals surface area contributed by atoms with E-state index in [1.165, 1.54) is 6.42 Å². The van der Waals surface area contributed by atoms with Gasteiger partial charge in [-0.3, -0.25) is 4.79 Å². The number of rotatable bonds is 7. The highest BCUT2D eigenvalue weighted by Gasteiger charge is 2.35. The number of urea groups is 2. The van der Waals surface area contributed by atoms with E-state index in [1.807, 2.05) is 49.4 Å². The topological polar surface area (TPSA) is 123 Å². The fraction of sp³-hybridized carbons (Fsp3) is 0.441. The van der Waals surface area contributed by atoms with E-state index in [2.05, 4.69) is 16.0 Å². The lowest BCUT2D eigenvalue weighted by molar-refractivity contribution is 0.0373. The van der Waals surface area contributed by atoms with E-state index in [0.29, 0.717) is 23.5 Å². The molecule has 10 nitrogen and oxygen atoms in total. The van der Waals surface area contributed by atoms with Crippen molar-refractivity contribution < 1.29 is 24.2 Å². The van der Waals surface area contributed by atoms with Crippen molar-refractivity contribution in [1.29, 1.82) is 0 Å². The molecule has 0 spiro atoms. The Hall–Kier alpha value is -4.31. The molecule has 234 valence electrons. The maximum absolute atomic E-state index is 13.8. The zero-order valence-electron chi connectivity index (χ0n) is 25.7. The molecule has 0 saturated heterocycles. The number of ether oxygens (including phenoxy) is 1. The van der Waals surface area contributed by atoms with Gasteiger partial charge in [-0.1, -0.05) is 68.7 Å². The third-order valence-corrected chi connectivity index (χ3v) is 8.71. The summed E-state index contributed by atoms with van der Waals surface area (Å²) in [4.78, 5) is 43.4. The Morgan fingerprint density at radius 1 is 1.00 bits per heavy atom. The van der Waals surface area contributed by atoms with Crippen molar-refractivity contribution in [2.75, 3.05) is 37.4 Å². The van der Waals surface area contributed by atoms with Crippen LogP contribution in [0.1, 0.15) is 56.3 Å². The van der Waals surface area contributed by atoms with E-state index < -0.39 is 12.1 Å². The molecule has 1 aliphatic carbocycles. The molecule has 0 aromatic heterocycles. The largest absolute Gasteiger partial charge is 0.485 e. The fourth-order valence-corrected chi connectivity index (χ4v) is 6.05. The standard InChI is InChI=1S/C34H43N5O5/c1-22-19-39(23(2)21-40)32(41)27-16-10-18-29(36-33(42)35-25-13-5-4-6-14-25)31(27)44-30(22)20-38(3)34(43)37-28-17-9-12-24-11-7-8-15-26(24)28/h7-12,15-18,22-23,25,30,40H,4-6,13-14,19-21H2,1-3H3,(H,37,43)(H2,35,36,42)/t22-,23-,30+/m1/s1. The molecule has 3 aromatic rings. The number of carbonyl (C=O) groups is 3. The van der Waals surface area contributed by atoms with Crippen LogP contribution in [0.25, 0.3) is 10.8 Å². The molecule has 44 heavy (non-hydrogen) atoms. The quantitative estimate of drug-likeness (QED) is 0.278. The van der Waals surface area contributed by atoms with E-state index in [9.17, 15) is 19.5 Å². The van der Waals surface area contributed by atoms with E-state index in [0.717, 1.165) is 36.5 Å². The van der Waals surface area contributed by atoms with E-state index in [1.54, 1.807) is 42.0 Å². The first-order valence-electron chi connectivity index (χ1n) is 15.5. The Bertz CT molecular complexity index is 1480. The summed E-state index contributed by atoms with van der Waals surface area (Å²) in [5.74, 6) is -0.242. The molecule has 3 atom stereocenters. The van der Waals surface area contributed by atoms with Crippen LogP contribution in [-0.2, 0) is 0 Å². The minimum atomic E-state index is -0.525.